The molecule has 5 heteroatoms. The van der Waals surface area contributed by atoms with Gasteiger partial charge >= 0.3 is 0 Å². The molecular weight excluding hydrogens is 298 g/mol. The number of halogens is 2. The van der Waals surface area contributed by atoms with Crippen molar-refractivity contribution in [3.63, 3.8) is 0 Å². The maximum atomic E-state index is 7.76. The van der Waals surface area contributed by atoms with Gasteiger partial charge in [0.2, 0.25) is 0 Å². The summed E-state index contributed by atoms with van der Waals surface area (Å²) in [5.74, 6) is 0. The average Bonchev–Trinajstić information content (AvgIpc) is 2.55. The van der Waals surface area contributed by atoms with E-state index in [0.717, 1.165) is 4.68 Å². The van der Waals surface area contributed by atoms with Crippen molar-refractivity contribution in [1.82, 2.24) is 14.8 Å². The van der Waals surface area contributed by atoms with Gasteiger partial charge in [0.1, 0.15) is 4.60 Å². The fourth-order valence-corrected chi connectivity index (χ4v) is 1.36. The van der Waals surface area contributed by atoms with Gasteiger partial charge in [0.15, 0.2) is 0 Å². The quantitative estimate of drug-likeness (QED) is 0.811. The molecular formula is C8H5Br2N3. The molecule has 0 aliphatic rings. The predicted molar refractivity (Wildman–Crippen MR) is 56.8 cm³/mol. The molecule has 3 nitrogen and oxygen atoms in total. The molecule has 2 aromatic rings. The molecule has 2 rings (SSSR count). The molecule has 0 aromatic carbocycles. The summed E-state index contributed by atoms with van der Waals surface area (Å²) in [5.41, 5.74) is 0.0594. The van der Waals surface area contributed by atoms with E-state index < -0.39 is 0 Å². The van der Waals surface area contributed by atoms with Gasteiger partial charge in [-0.25, -0.2) is 4.68 Å². The third kappa shape index (κ3) is 1.81. The summed E-state index contributed by atoms with van der Waals surface area (Å²) in [6.45, 7) is 0. The van der Waals surface area contributed by atoms with Gasteiger partial charge in [-0.1, -0.05) is 0 Å². The van der Waals surface area contributed by atoms with Crippen LogP contribution in [0.1, 0.15) is 6.85 Å². The minimum atomic E-state index is -0.379. The molecule has 0 radical (unpaired) electrons. The Kier molecular flexibility index (Phi) is 1.30. The van der Waals surface area contributed by atoms with Gasteiger partial charge in [0, 0.05) is 18.5 Å². The van der Waals surface area contributed by atoms with Crippen LogP contribution in [0.2, 0.25) is 0 Å². The van der Waals surface area contributed by atoms with E-state index in [4.69, 9.17) is 6.85 Å². The molecule has 0 amide bonds. The van der Waals surface area contributed by atoms with Crippen LogP contribution in [0.5, 0.6) is 0 Å². The Morgan fingerprint density at radius 3 is 2.92 bits per heavy atom. The monoisotopic (exact) mass is 306 g/mol. The van der Waals surface area contributed by atoms with Gasteiger partial charge in [-0.15, -0.1) is 0 Å². The molecule has 2 aromatic heterocycles. The van der Waals surface area contributed by atoms with Crippen LogP contribution in [-0.2, 0) is 0 Å². The fourth-order valence-electron chi connectivity index (χ4n) is 0.754. The summed E-state index contributed by atoms with van der Waals surface area (Å²) in [5, 5.41) is 3.90. The Morgan fingerprint density at radius 2 is 2.23 bits per heavy atom. The normalized spacial score (nSPS) is 15.7. The lowest BCUT2D eigenvalue weighted by atomic mass is 10.4. The van der Waals surface area contributed by atoms with Crippen molar-refractivity contribution in [2.24, 2.45) is 0 Å². The molecule has 0 saturated heterocycles. The largest absolute Gasteiger partial charge is 0.263 e. The lowest BCUT2D eigenvalue weighted by Crippen LogP contribution is -1.95. The van der Waals surface area contributed by atoms with Gasteiger partial charge in [-0.05, 0) is 43.9 Å². The molecule has 0 saturated carbocycles. The smallest absolute Gasteiger partial charge is 0.128 e. The van der Waals surface area contributed by atoms with Gasteiger partial charge in [-0.3, -0.25) is 4.98 Å². The topological polar surface area (TPSA) is 30.7 Å². The number of hydrogen-bond donors (Lipinski definition) is 0. The lowest BCUT2D eigenvalue weighted by molar-refractivity contribution is 0.863. The van der Waals surface area contributed by atoms with Gasteiger partial charge in [0.25, 0.3) is 0 Å². The summed E-state index contributed by atoms with van der Waals surface area (Å²) in [6.07, 6.45) is -0.833. The molecule has 0 spiro atoms. The van der Waals surface area contributed by atoms with Crippen molar-refractivity contribution in [3.8, 4) is 5.69 Å². The highest BCUT2D eigenvalue weighted by molar-refractivity contribution is 9.10. The highest BCUT2D eigenvalue weighted by Gasteiger charge is 2.02. The van der Waals surface area contributed by atoms with Crippen molar-refractivity contribution in [2.45, 2.75) is 0 Å². The minimum absolute atomic E-state index is 0.0594. The Hall–Kier alpha value is -0.680. The van der Waals surface area contributed by atoms with E-state index in [2.05, 4.69) is 41.9 Å². The molecule has 2 heterocycles. The first-order chi connectivity index (χ1) is 8.34. The zero-order chi connectivity index (χ0) is 13.6. The second kappa shape index (κ2) is 3.59. The van der Waals surface area contributed by atoms with E-state index in [1.165, 1.54) is 0 Å². The first-order valence-electron chi connectivity index (χ1n) is 5.70. The van der Waals surface area contributed by atoms with Crippen LogP contribution in [0.15, 0.2) is 39.7 Å². The zero-order valence-corrected chi connectivity index (χ0v) is 9.27. The molecule has 0 unspecified atom stereocenters. The van der Waals surface area contributed by atoms with Crippen molar-refractivity contribution < 1.29 is 6.85 Å². The number of aromatic nitrogens is 3. The summed E-state index contributed by atoms with van der Waals surface area (Å²) in [4.78, 5) is 3.56. The number of hydrogen-bond acceptors (Lipinski definition) is 2. The summed E-state index contributed by atoms with van der Waals surface area (Å²) >= 11 is 6.12. The molecule has 0 atom stereocenters. The molecule has 0 bridgehead atoms. The van der Waals surface area contributed by atoms with Crippen LogP contribution >= 0.6 is 31.9 Å². The molecule has 0 aliphatic heterocycles. The Labute approximate surface area is 99.1 Å². The van der Waals surface area contributed by atoms with E-state index >= 15 is 0 Å². The number of pyridine rings is 1. The Bertz CT molecular complexity index is 616. The van der Waals surface area contributed by atoms with Crippen LogP contribution < -0.4 is 0 Å². The molecule has 66 valence electrons. The molecule has 0 fully saturated rings. The average molecular weight is 308 g/mol. The maximum Gasteiger partial charge on any atom is 0.128 e. The van der Waals surface area contributed by atoms with Crippen LogP contribution in [0, 0.1) is 0 Å². The van der Waals surface area contributed by atoms with Crippen molar-refractivity contribution in [3.05, 3.63) is 39.7 Å². The van der Waals surface area contributed by atoms with Crippen molar-refractivity contribution in [2.75, 3.05) is 0 Å². The number of rotatable bonds is 1. The highest BCUT2D eigenvalue weighted by atomic mass is 79.9. The van der Waals surface area contributed by atoms with Crippen LogP contribution in [0.3, 0.4) is 0 Å². The van der Waals surface area contributed by atoms with E-state index in [1.54, 1.807) is 0 Å². The van der Waals surface area contributed by atoms with E-state index in [1.807, 2.05) is 0 Å². The summed E-state index contributed by atoms with van der Waals surface area (Å²) in [6, 6.07) is -0.391. The zero-order valence-electron chi connectivity index (χ0n) is 11.1. The first-order valence-corrected chi connectivity index (χ1v) is 4.78. The van der Waals surface area contributed by atoms with Crippen molar-refractivity contribution in [1.29, 1.82) is 0 Å². The van der Waals surface area contributed by atoms with E-state index in [0.29, 0.717) is 0 Å². The van der Waals surface area contributed by atoms with Gasteiger partial charge in [0.05, 0.1) is 17.0 Å². The summed E-state index contributed by atoms with van der Waals surface area (Å²) in [7, 11) is 0. The molecule has 13 heavy (non-hydrogen) atoms. The van der Waals surface area contributed by atoms with Gasteiger partial charge in [-0.2, -0.15) is 5.10 Å². The predicted octanol–water partition coefficient (Wildman–Crippen LogP) is 2.79. The van der Waals surface area contributed by atoms with Crippen molar-refractivity contribution >= 4 is 31.9 Å². The van der Waals surface area contributed by atoms with Crippen LogP contribution in [-0.4, -0.2) is 14.8 Å². The second-order valence-corrected chi connectivity index (χ2v) is 3.61. The third-order valence-electron chi connectivity index (χ3n) is 1.26. The highest BCUT2D eigenvalue weighted by Crippen LogP contribution is 2.19. The third-order valence-corrected chi connectivity index (χ3v) is 2.17. The van der Waals surface area contributed by atoms with Gasteiger partial charge < -0.3 is 0 Å². The lowest BCUT2D eigenvalue weighted by Gasteiger charge is -2.01. The van der Waals surface area contributed by atoms with Crippen LogP contribution in [0.4, 0.5) is 0 Å². The summed E-state index contributed by atoms with van der Waals surface area (Å²) < 4.78 is 39.4. The maximum absolute atomic E-state index is 7.76. The van der Waals surface area contributed by atoms with E-state index in [9.17, 15) is 0 Å². The Morgan fingerprint density at radius 1 is 1.38 bits per heavy atom. The van der Waals surface area contributed by atoms with Crippen LogP contribution in [0.25, 0.3) is 5.69 Å². The Balaban J connectivity index is 2.82. The number of nitrogens with zero attached hydrogens (tertiary/aromatic N) is 3. The first kappa shape index (κ1) is 4.70. The minimum Gasteiger partial charge on any atom is -0.263 e. The SMILES string of the molecule is [2H]c1nc([2H])c(Br)c(-n2nc(Br)c([2H])c2[2H])c1[2H]. The molecule has 0 aliphatic carbocycles. The second-order valence-electron chi connectivity index (χ2n) is 2.06. The standard InChI is InChI=1S/C8H5Br2N3/c9-6-5-11-3-1-7(6)13-4-2-8(10)12-13/h1-5H/i1D,2D,3D,4D,5D. The fraction of sp³-hybridized carbons (Fsp3) is 0. The van der Waals surface area contributed by atoms with E-state index in [-0.39, 0.29) is 45.4 Å². The molecule has 0 N–H and O–H groups in total.